The SMILES string of the molecule is Cc1ccc(-c2ccsc2C(=O)NCCc2cc(F)cc3c2OCOC3)cc1. The molecule has 0 unspecified atom stereocenters. The maximum absolute atomic E-state index is 13.8. The van der Waals surface area contributed by atoms with E-state index in [9.17, 15) is 9.18 Å². The van der Waals surface area contributed by atoms with E-state index in [1.54, 1.807) is 0 Å². The van der Waals surface area contributed by atoms with E-state index in [0.29, 0.717) is 35.8 Å². The van der Waals surface area contributed by atoms with Crippen molar-refractivity contribution in [1.29, 1.82) is 0 Å². The number of aryl methyl sites for hydroxylation is 1. The van der Waals surface area contributed by atoms with Crippen LogP contribution in [-0.4, -0.2) is 19.2 Å². The number of carbonyl (C=O) groups is 1. The number of rotatable bonds is 5. The van der Waals surface area contributed by atoms with Gasteiger partial charge in [0.2, 0.25) is 0 Å². The summed E-state index contributed by atoms with van der Waals surface area (Å²) >= 11 is 1.41. The second kappa shape index (κ2) is 8.12. The van der Waals surface area contributed by atoms with Crippen LogP contribution >= 0.6 is 11.3 Å². The van der Waals surface area contributed by atoms with Crippen LogP contribution in [0.25, 0.3) is 11.1 Å². The predicted molar refractivity (Wildman–Crippen MR) is 107 cm³/mol. The summed E-state index contributed by atoms with van der Waals surface area (Å²) in [5, 5.41) is 4.86. The van der Waals surface area contributed by atoms with Gasteiger partial charge in [0, 0.05) is 17.7 Å². The molecule has 1 aromatic heterocycles. The predicted octanol–water partition coefficient (Wildman–Crippen LogP) is 4.70. The molecule has 1 aliphatic rings. The Kier molecular flexibility index (Phi) is 5.41. The topological polar surface area (TPSA) is 47.6 Å². The van der Waals surface area contributed by atoms with Crippen LogP contribution < -0.4 is 10.1 Å². The first kappa shape index (κ1) is 18.7. The third-order valence-corrected chi connectivity index (χ3v) is 5.58. The molecular weight excluding hydrogens is 377 g/mol. The minimum atomic E-state index is -0.325. The Morgan fingerprint density at radius 2 is 2.04 bits per heavy atom. The fraction of sp³-hybridized carbons (Fsp3) is 0.227. The van der Waals surface area contributed by atoms with Gasteiger partial charge in [-0.2, -0.15) is 0 Å². The normalized spacial score (nSPS) is 12.9. The Balaban J connectivity index is 1.45. The van der Waals surface area contributed by atoms with E-state index in [1.807, 2.05) is 42.6 Å². The van der Waals surface area contributed by atoms with Crippen molar-refractivity contribution in [3.63, 3.8) is 0 Å². The molecule has 0 saturated heterocycles. The lowest BCUT2D eigenvalue weighted by molar-refractivity contribution is -0.0172. The standard InChI is InChI=1S/C22H20FNO3S/c1-14-2-4-15(5-3-14)19-7-9-28-21(19)22(25)24-8-6-16-10-18(23)11-17-12-26-13-27-20(16)17/h2-5,7,9-11H,6,8,12-13H2,1H3,(H,24,25). The van der Waals surface area contributed by atoms with Gasteiger partial charge in [0.1, 0.15) is 11.6 Å². The molecule has 4 nitrogen and oxygen atoms in total. The number of nitrogens with one attached hydrogen (secondary N) is 1. The molecule has 0 radical (unpaired) electrons. The molecule has 0 aliphatic carbocycles. The lowest BCUT2D eigenvalue weighted by Crippen LogP contribution is -2.26. The van der Waals surface area contributed by atoms with Crippen LogP contribution in [0.1, 0.15) is 26.4 Å². The third-order valence-electron chi connectivity index (χ3n) is 4.67. The summed E-state index contributed by atoms with van der Waals surface area (Å²) < 4.78 is 24.6. The van der Waals surface area contributed by atoms with Crippen LogP contribution in [0, 0.1) is 12.7 Å². The zero-order valence-corrected chi connectivity index (χ0v) is 16.3. The van der Waals surface area contributed by atoms with E-state index < -0.39 is 0 Å². The maximum Gasteiger partial charge on any atom is 0.261 e. The highest BCUT2D eigenvalue weighted by molar-refractivity contribution is 7.12. The number of fused-ring (bicyclic) bond motifs is 1. The molecule has 1 amide bonds. The number of benzene rings is 2. The van der Waals surface area contributed by atoms with E-state index in [1.165, 1.54) is 29.0 Å². The molecule has 3 aromatic rings. The molecule has 6 heteroatoms. The number of carbonyl (C=O) groups excluding carboxylic acids is 1. The Hall–Kier alpha value is -2.70. The highest BCUT2D eigenvalue weighted by atomic mass is 32.1. The van der Waals surface area contributed by atoms with E-state index in [0.717, 1.165) is 16.7 Å². The molecule has 0 atom stereocenters. The number of halogens is 1. The molecule has 0 fully saturated rings. The maximum atomic E-state index is 13.8. The molecule has 28 heavy (non-hydrogen) atoms. The van der Waals surface area contributed by atoms with Crippen molar-refractivity contribution in [2.45, 2.75) is 20.0 Å². The number of ether oxygens (including phenoxy) is 2. The first-order valence-electron chi connectivity index (χ1n) is 9.06. The summed E-state index contributed by atoms with van der Waals surface area (Å²) in [6, 6.07) is 13.0. The minimum absolute atomic E-state index is 0.125. The molecule has 2 heterocycles. The second-order valence-corrected chi connectivity index (χ2v) is 7.62. The summed E-state index contributed by atoms with van der Waals surface area (Å²) in [5.74, 6) is 0.215. The quantitative estimate of drug-likeness (QED) is 0.679. The average Bonchev–Trinajstić information content (AvgIpc) is 3.18. The molecular formula is C22H20FNO3S. The number of amides is 1. The molecule has 0 bridgehead atoms. The Bertz CT molecular complexity index is 998. The fourth-order valence-corrected chi connectivity index (χ4v) is 4.11. The van der Waals surface area contributed by atoms with Crippen molar-refractivity contribution in [2.75, 3.05) is 13.3 Å². The summed E-state index contributed by atoms with van der Waals surface area (Å²) in [7, 11) is 0. The Morgan fingerprint density at radius 1 is 1.21 bits per heavy atom. The lowest BCUT2D eigenvalue weighted by Gasteiger charge is -2.21. The van der Waals surface area contributed by atoms with Crippen molar-refractivity contribution >= 4 is 17.2 Å². The van der Waals surface area contributed by atoms with Gasteiger partial charge in [0.15, 0.2) is 6.79 Å². The van der Waals surface area contributed by atoms with Crippen LogP contribution in [0.5, 0.6) is 5.75 Å². The van der Waals surface area contributed by atoms with Crippen LogP contribution in [-0.2, 0) is 17.8 Å². The van der Waals surface area contributed by atoms with Crippen LogP contribution in [0.2, 0.25) is 0 Å². The summed E-state index contributed by atoms with van der Waals surface area (Å²) in [6.45, 7) is 2.92. The number of hydrogen-bond donors (Lipinski definition) is 1. The van der Waals surface area contributed by atoms with Crippen molar-refractivity contribution in [3.05, 3.63) is 75.2 Å². The molecule has 2 aromatic carbocycles. The summed E-state index contributed by atoms with van der Waals surface area (Å²) in [6.07, 6.45) is 0.483. The van der Waals surface area contributed by atoms with Crippen LogP contribution in [0.4, 0.5) is 4.39 Å². The molecule has 0 spiro atoms. The molecule has 1 N–H and O–H groups in total. The summed E-state index contributed by atoms with van der Waals surface area (Å²) in [5.41, 5.74) is 4.56. The van der Waals surface area contributed by atoms with Gasteiger partial charge in [0.25, 0.3) is 5.91 Å². The minimum Gasteiger partial charge on any atom is -0.467 e. The Labute approximate surface area is 166 Å². The van der Waals surface area contributed by atoms with Gasteiger partial charge in [-0.1, -0.05) is 29.8 Å². The lowest BCUT2D eigenvalue weighted by atomic mass is 10.0. The van der Waals surface area contributed by atoms with Crippen molar-refractivity contribution in [3.8, 4) is 16.9 Å². The van der Waals surface area contributed by atoms with Crippen molar-refractivity contribution in [1.82, 2.24) is 5.32 Å². The molecule has 144 valence electrons. The van der Waals surface area contributed by atoms with Gasteiger partial charge >= 0.3 is 0 Å². The zero-order valence-electron chi connectivity index (χ0n) is 15.5. The largest absolute Gasteiger partial charge is 0.467 e. The monoisotopic (exact) mass is 397 g/mol. The van der Waals surface area contributed by atoms with Crippen LogP contribution in [0.15, 0.2) is 47.8 Å². The average molecular weight is 397 g/mol. The number of thiophene rings is 1. The molecule has 4 rings (SSSR count). The van der Waals surface area contributed by atoms with Gasteiger partial charge in [-0.15, -0.1) is 11.3 Å². The second-order valence-electron chi connectivity index (χ2n) is 6.70. The highest BCUT2D eigenvalue weighted by Crippen LogP contribution is 2.30. The first-order valence-corrected chi connectivity index (χ1v) is 9.94. The number of hydrogen-bond acceptors (Lipinski definition) is 4. The van der Waals surface area contributed by atoms with Gasteiger partial charge in [-0.3, -0.25) is 4.79 Å². The van der Waals surface area contributed by atoms with Gasteiger partial charge < -0.3 is 14.8 Å². The van der Waals surface area contributed by atoms with Crippen molar-refractivity contribution < 1.29 is 18.7 Å². The summed E-state index contributed by atoms with van der Waals surface area (Å²) in [4.78, 5) is 13.4. The van der Waals surface area contributed by atoms with E-state index >= 15 is 0 Å². The van der Waals surface area contributed by atoms with Gasteiger partial charge in [0.05, 0.1) is 11.5 Å². The third kappa shape index (κ3) is 3.93. The Morgan fingerprint density at radius 3 is 2.86 bits per heavy atom. The van der Waals surface area contributed by atoms with Crippen molar-refractivity contribution in [2.24, 2.45) is 0 Å². The van der Waals surface area contributed by atoms with Crippen LogP contribution in [0.3, 0.4) is 0 Å². The van der Waals surface area contributed by atoms with E-state index in [2.05, 4.69) is 5.32 Å². The van der Waals surface area contributed by atoms with E-state index in [-0.39, 0.29) is 18.5 Å². The van der Waals surface area contributed by atoms with E-state index in [4.69, 9.17) is 9.47 Å². The van der Waals surface area contributed by atoms with Gasteiger partial charge in [-0.25, -0.2) is 4.39 Å². The fourth-order valence-electron chi connectivity index (χ4n) is 3.28. The molecule has 0 saturated carbocycles. The first-order chi connectivity index (χ1) is 13.6. The zero-order chi connectivity index (χ0) is 19.5. The van der Waals surface area contributed by atoms with Gasteiger partial charge in [-0.05, 0) is 48.1 Å². The smallest absolute Gasteiger partial charge is 0.261 e. The molecule has 1 aliphatic heterocycles. The highest BCUT2D eigenvalue weighted by Gasteiger charge is 2.18.